The molecule has 2 aromatic carbocycles. The molecule has 0 N–H and O–H groups in total. The van der Waals surface area contributed by atoms with E-state index < -0.39 is 0 Å². The molecule has 2 heterocycles. The number of halogens is 1. The standard InChI is InChI=1S/C15H9ClN2/c16-11-6-8-14-10(9-11)5-7-15-12-3-1-2-4-13(12)17-18(14)15/h1-9H. The molecule has 2 aromatic heterocycles. The molecule has 2 nitrogen and oxygen atoms in total. The maximum absolute atomic E-state index is 6.02. The minimum atomic E-state index is 0.749. The highest BCUT2D eigenvalue weighted by Gasteiger charge is 2.06. The monoisotopic (exact) mass is 252 g/mol. The van der Waals surface area contributed by atoms with Crippen LogP contribution in [0.1, 0.15) is 0 Å². The summed E-state index contributed by atoms with van der Waals surface area (Å²) in [5.74, 6) is 0. The van der Waals surface area contributed by atoms with Gasteiger partial charge in [-0.15, -0.1) is 0 Å². The van der Waals surface area contributed by atoms with Crippen molar-refractivity contribution in [1.29, 1.82) is 0 Å². The van der Waals surface area contributed by atoms with Crippen LogP contribution in [0.15, 0.2) is 54.6 Å². The summed E-state index contributed by atoms with van der Waals surface area (Å²) in [5.41, 5.74) is 3.22. The molecule has 86 valence electrons. The fourth-order valence-electron chi connectivity index (χ4n) is 2.42. The van der Waals surface area contributed by atoms with Crippen LogP contribution in [0.25, 0.3) is 27.3 Å². The third-order valence-corrected chi connectivity index (χ3v) is 3.49. The minimum absolute atomic E-state index is 0.749. The lowest BCUT2D eigenvalue weighted by atomic mass is 10.2. The van der Waals surface area contributed by atoms with Crippen LogP contribution < -0.4 is 0 Å². The highest BCUT2D eigenvalue weighted by Crippen LogP contribution is 2.25. The molecule has 0 bridgehead atoms. The molecule has 0 unspecified atom stereocenters. The lowest BCUT2D eigenvalue weighted by Gasteiger charge is -2.01. The highest BCUT2D eigenvalue weighted by atomic mass is 35.5. The second kappa shape index (κ2) is 3.47. The molecule has 0 aliphatic heterocycles. The van der Waals surface area contributed by atoms with Crippen LogP contribution in [0.4, 0.5) is 0 Å². The van der Waals surface area contributed by atoms with E-state index in [1.807, 2.05) is 40.9 Å². The van der Waals surface area contributed by atoms with Gasteiger partial charge in [-0.25, -0.2) is 4.52 Å². The van der Waals surface area contributed by atoms with Crippen LogP contribution >= 0.6 is 11.6 Å². The molecule has 0 amide bonds. The molecule has 0 saturated carbocycles. The SMILES string of the molecule is Clc1ccc2c(ccc3c4ccccc4nn23)c1. The summed E-state index contributed by atoms with van der Waals surface area (Å²) in [6.45, 7) is 0. The van der Waals surface area contributed by atoms with Crippen molar-refractivity contribution in [2.45, 2.75) is 0 Å². The first kappa shape index (κ1) is 9.92. The van der Waals surface area contributed by atoms with Crippen molar-refractivity contribution in [2.75, 3.05) is 0 Å². The van der Waals surface area contributed by atoms with Crippen LogP contribution in [-0.2, 0) is 0 Å². The van der Waals surface area contributed by atoms with Crippen molar-refractivity contribution in [3.05, 3.63) is 59.6 Å². The van der Waals surface area contributed by atoms with Gasteiger partial charge in [-0.2, -0.15) is 5.10 Å². The topological polar surface area (TPSA) is 17.3 Å². The number of nitrogens with zero attached hydrogens (tertiary/aromatic N) is 2. The Morgan fingerprint density at radius 1 is 0.889 bits per heavy atom. The average Bonchev–Trinajstić information content (AvgIpc) is 2.77. The Hall–Kier alpha value is -2.06. The van der Waals surface area contributed by atoms with Gasteiger partial charge in [0.15, 0.2) is 0 Å². The first-order valence-electron chi connectivity index (χ1n) is 5.79. The number of hydrogen-bond donors (Lipinski definition) is 0. The Bertz CT molecular complexity index is 893. The largest absolute Gasteiger partial charge is 0.232 e. The number of rotatable bonds is 0. The van der Waals surface area contributed by atoms with Gasteiger partial charge in [0.05, 0.1) is 16.6 Å². The molecule has 0 spiro atoms. The average molecular weight is 253 g/mol. The van der Waals surface area contributed by atoms with Crippen molar-refractivity contribution in [2.24, 2.45) is 0 Å². The van der Waals surface area contributed by atoms with Crippen molar-refractivity contribution in [3.8, 4) is 0 Å². The number of benzene rings is 2. The predicted octanol–water partition coefficient (Wildman–Crippen LogP) is 4.29. The number of aromatic nitrogens is 2. The van der Waals surface area contributed by atoms with Gasteiger partial charge in [0.25, 0.3) is 0 Å². The van der Waals surface area contributed by atoms with Crippen molar-refractivity contribution in [1.82, 2.24) is 9.61 Å². The van der Waals surface area contributed by atoms with Crippen LogP contribution in [0.2, 0.25) is 5.02 Å². The molecule has 0 aliphatic carbocycles. The maximum Gasteiger partial charge on any atom is 0.0934 e. The zero-order valence-electron chi connectivity index (χ0n) is 9.47. The molecule has 4 aromatic rings. The van der Waals surface area contributed by atoms with E-state index in [0.29, 0.717) is 0 Å². The second-order valence-electron chi connectivity index (χ2n) is 4.35. The van der Waals surface area contributed by atoms with Crippen molar-refractivity contribution >= 4 is 38.9 Å². The van der Waals surface area contributed by atoms with Gasteiger partial charge >= 0.3 is 0 Å². The van der Waals surface area contributed by atoms with Crippen molar-refractivity contribution in [3.63, 3.8) is 0 Å². The third-order valence-electron chi connectivity index (χ3n) is 3.25. The molecule has 0 atom stereocenters. The Kier molecular flexibility index (Phi) is 1.91. The predicted molar refractivity (Wildman–Crippen MR) is 75.2 cm³/mol. The lowest BCUT2D eigenvalue weighted by molar-refractivity contribution is 1.03. The summed E-state index contributed by atoms with van der Waals surface area (Å²) >= 11 is 6.02. The highest BCUT2D eigenvalue weighted by molar-refractivity contribution is 6.31. The summed E-state index contributed by atoms with van der Waals surface area (Å²) in [4.78, 5) is 0. The zero-order chi connectivity index (χ0) is 12.1. The van der Waals surface area contributed by atoms with E-state index in [9.17, 15) is 0 Å². The van der Waals surface area contributed by atoms with E-state index in [4.69, 9.17) is 11.6 Å². The first-order valence-corrected chi connectivity index (χ1v) is 6.16. The molecule has 18 heavy (non-hydrogen) atoms. The van der Waals surface area contributed by atoms with Gasteiger partial charge in [-0.05, 0) is 30.3 Å². The van der Waals surface area contributed by atoms with E-state index in [1.54, 1.807) is 0 Å². The molecule has 0 fully saturated rings. The van der Waals surface area contributed by atoms with E-state index in [1.165, 1.54) is 5.39 Å². The summed E-state index contributed by atoms with van der Waals surface area (Å²) in [7, 11) is 0. The summed E-state index contributed by atoms with van der Waals surface area (Å²) in [6.07, 6.45) is 0. The quantitative estimate of drug-likeness (QED) is 0.456. The number of fused-ring (bicyclic) bond motifs is 5. The summed E-state index contributed by atoms with van der Waals surface area (Å²) in [6, 6.07) is 18.2. The van der Waals surface area contributed by atoms with E-state index in [-0.39, 0.29) is 0 Å². The molecular weight excluding hydrogens is 244 g/mol. The molecule has 4 rings (SSSR count). The minimum Gasteiger partial charge on any atom is -0.232 e. The third kappa shape index (κ3) is 1.27. The second-order valence-corrected chi connectivity index (χ2v) is 4.79. The van der Waals surface area contributed by atoms with Gasteiger partial charge in [-0.1, -0.05) is 35.9 Å². The fourth-order valence-corrected chi connectivity index (χ4v) is 2.60. The van der Waals surface area contributed by atoms with Crippen LogP contribution in [0.5, 0.6) is 0 Å². The van der Waals surface area contributed by atoms with Gasteiger partial charge in [0.2, 0.25) is 0 Å². The maximum atomic E-state index is 6.02. The first-order chi connectivity index (χ1) is 8.83. The van der Waals surface area contributed by atoms with Gasteiger partial charge in [0, 0.05) is 15.8 Å². The molecule has 3 heteroatoms. The zero-order valence-corrected chi connectivity index (χ0v) is 10.2. The Labute approximate surface area is 108 Å². The van der Waals surface area contributed by atoms with Crippen LogP contribution in [0, 0.1) is 0 Å². The van der Waals surface area contributed by atoms with E-state index >= 15 is 0 Å². The lowest BCUT2D eigenvalue weighted by Crippen LogP contribution is -1.89. The molecular formula is C15H9ClN2. The molecule has 0 saturated heterocycles. The van der Waals surface area contributed by atoms with Crippen LogP contribution in [-0.4, -0.2) is 9.61 Å². The van der Waals surface area contributed by atoms with Gasteiger partial charge < -0.3 is 0 Å². The number of pyridine rings is 1. The molecule has 0 aliphatic rings. The fraction of sp³-hybridized carbons (Fsp3) is 0. The van der Waals surface area contributed by atoms with E-state index in [0.717, 1.165) is 27.0 Å². The number of hydrogen-bond acceptors (Lipinski definition) is 1. The Balaban J connectivity index is 2.28. The Morgan fingerprint density at radius 3 is 2.67 bits per heavy atom. The Morgan fingerprint density at radius 2 is 1.72 bits per heavy atom. The van der Waals surface area contributed by atoms with Crippen molar-refractivity contribution < 1.29 is 0 Å². The summed E-state index contributed by atoms with van der Waals surface area (Å²) in [5, 5.41) is 7.67. The van der Waals surface area contributed by atoms with E-state index in [2.05, 4.69) is 23.3 Å². The smallest absolute Gasteiger partial charge is 0.0934 e. The van der Waals surface area contributed by atoms with Gasteiger partial charge in [-0.3, -0.25) is 0 Å². The molecule has 0 radical (unpaired) electrons. The normalized spacial score (nSPS) is 11.6. The summed E-state index contributed by atoms with van der Waals surface area (Å²) < 4.78 is 1.98. The van der Waals surface area contributed by atoms with Crippen LogP contribution in [0.3, 0.4) is 0 Å². The van der Waals surface area contributed by atoms with Gasteiger partial charge in [0.1, 0.15) is 0 Å².